The first-order valence-electron chi connectivity index (χ1n) is 5.63. The van der Waals surface area contributed by atoms with Gasteiger partial charge in [0.1, 0.15) is 0 Å². The molecule has 0 saturated heterocycles. The van der Waals surface area contributed by atoms with Gasteiger partial charge in [-0.2, -0.15) is 0 Å². The molecule has 19 heavy (non-hydrogen) atoms. The first kappa shape index (κ1) is 12.8. The lowest BCUT2D eigenvalue weighted by Gasteiger charge is -2.03. The van der Waals surface area contributed by atoms with Crippen molar-refractivity contribution in [1.29, 1.82) is 0 Å². The molecule has 5 heteroatoms. The van der Waals surface area contributed by atoms with Gasteiger partial charge in [0.2, 0.25) is 0 Å². The van der Waals surface area contributed by atoms with E-state index in [-0.39, 0.29) is 11.4 Å². The first-order valence-corrected chi connectivity index (χ1v) is 5.63. The summed E-state index contributed by atoms with van der Waals surface area (Å²) < 4.78 is 5.00. The van der Waals surface area contributed by atoms with Crippen LogP contribution in [0.1, 0.15) is 5.56 Å². The van der Waals surface area contributed by atoms with Crippen LogP contribution in [0.5, 0.6) is 5.75 Å². The highest BCUT2D eigenvalue weighted by atomic mass is 16.6. The zero-order chi connectivity index (χ0) is 13.7. The largest absolute Gasteiger partial charge is 0.490 e. The molecule has 0 radical (unpaired) electrons. The summed E-state index contributed by atoms with van der Waals surface area (Å²) in [4.78, 5) is 14.8. The van der Waals surface area contributed by atoms with E-state index in [4.69, 9.17) is 4.74 Å². The van der Waals surface area contributed by atoms with Gasteiger partial charge in [-0.05, 0) is 24.3 Å². The Morgan fingerprint density at radius 3 is 2.53 bits per heavy atom. The van der Waals surface area contributed by atoms with Gasteiger partial charge in [-0.15, -0.1) is 0 Å². The van der Waals surface area contributed by atoms with Crippen LogP contribution >= 0.6 is 0 Å². The summed E-state index contributed by atoms with van der Waals surface area (Å²) in [5.41, 5.74) is 1.07. The van der Waals surface area contributed by atoms with Crippen LogP contribution in [-0.2, 0) is 0 Å². The van der Waals surface area contributed by atoms with Gasteiger partial charge in [0.15, 0.2) is 5.75 Å². The Bertz CT molecular complexity index is 609. The molecule has 0 aliphatic carbocycles. The number of nitro benzene ring substituents is 1. The Hall–Kier alpha value is -2.69. The fraction of sp³-hybridized carbons (Fsp3) is 0.0714. The van der Waals surface area contributed by atoms with Crippen molar-refractivity contribution in [3.8, 4) is 5.75 Å². The van der Waals surface area contributed by atoms with Crippen molar-refractivity contribution < 1.29 is 9.66 Å². The fourth-order valence-electron chi connectivity index (χ4n) is 1.66. The standard InChI is InChI=1S/C14H12N2O3/c1-19-13-9-5-6-11(14(13)16(17)18)10-15-12-7-3-2-4-8-12/h2-10H,1H3. The van der Waals surface area contributed by atoms with E-state index >= 15 is 0 Å². The van der Waals surface area contributed by atoms with Crippen LogP contribution in [0.15, 0.2) is 53.5 Å². The number of nitro groups is 1. The third-order valence-electron chi connectivity index (χ3n) is 2.54. The monoisotopic (exact) mass is 256 g/mol. The van der Waals surface area contributed by atoms with Gasteiger partial charge in [0, 0.05) is 6.21 Å². The third-order valence-corrected chi connectivity index (χ3v) is 2.54. The molecule has 0 aliphatic rings. The molecule has 0 saturated carbocycles. The highest BCUT2D eigenvalue weighted by molar-refractivity contribution is 5.88. The summed E-state index contributed by atoms with van der Waals surface area (Å²) >= 11 is 0. The molecular weight excluding hydrogens is 244 g/mol. The van der Waals surface area contributed by atoms with E-state index in [2.05, 4.69) is 4.99 Å². The number of para-hydroxylation sites is 2. The van der Waals surface area contributed by atoms with E-state index in [9.17, 15) is 10.1 Å². The molecule has 0 atom stereocenters. The molecule has 0 amide bonds. The maximum absolute atomic E-state index is 11.1. The molecule has 2 aromatic carbocycles. The second-order valence-electron chi connectivity index (χ2n) is 3.75. The van der Waals surface area contributed by atoms with Crippen LogP contribution in [0.25, 0.3) is 0 Å². The van der Waals surface area contributed by atoms with E-state index in [1.54, 1.807) is 18.2 Å². The number of methoxy groups -OCH3 is 1. The van der Waals surface area contributed by atoms with Crippen molar-refractivity contribution in [1.82, 2.24) is 0 Å². The molecular formula is C14H12N2O3. The van der Waals surface area contributed by atoms with Crippen molar-refractivity contribution in [2.45, 2.75) is 0 Å². The molecule has 96 valence electrons. The Balaban J connectivity index is 2.40. The van der Waals surface area contributed by atoms with E-state index in [1.807, 2.05) is 30.3 Å². The van der Waals surface area contributed by atoms with Gasteiger partial charge in [-0.25, -0.2) is 0 Å². The van der Waals surface area contributed by atoms with Gasteiger partial charge in [0.05, 0.1) is 23.3 Å². The summed E-state index contributed by atoms with van der Waals surface area (Å²) in [6.45, 7) is 0. The minimum Gasteiger partial charge on any atom is -0.490 e. The maximum Gasteiger partial charge on any atom is 0.319 e. The lowest BCUT2D eigenvalue weighted by Crippen LogP contribution is -1.98. The van der Waals surface area contributed by atoms with Crippen molar-refractivity contribution in [2.75, 3.05) is 7.11 Å². The second kappa shape index (κ2) is 5.77. The zero-order valence-electron chi connectivity index (χ0n) is 10.3. The molecule has 0 N–H and O–H groups in total. The minimum atomic E-state index is -0.467. The quantitative estimate of drug-likeness (QED) is 0.478. The number of nitrogens with zero attached hydrogens (tertiary/aromatic N) is 2. The molecule has 0 aliphatic heterocycles. The van der Waals surface area contributed by atoms with E-state index in [0.717, 1.165) is 5.69 Å². The molecule has 0 fully saturated rings. The third kappa shape index (κ3) is 2.95. The van der Waals surface area contributed by atoms with Gasteiger partial charge in [-0.1, -0.05) is 24.3 Å². The van der Waals surface area contributed by atoms with Crippen LogP contribution in [0, 0.1) is 10.1 Å². The van der Waals surface area contributed by atoms with E-state index in [1.165, 1.54) is 13.3 Å². The topological polar surface area (TPSA) is 64.7 Å². The fourth-order valence-corrected chi connectivity index (χ4v) is 1.66. The summed E-state index contributed by atoms with van der Waals surface area (Å²) in [6, 6.07) is 14.1. The molecule has 0 bridgehead atoms. The van der Waals surface area contributed by atoms with Crippen LogP contribution < -0.4 is 4.74 Å². The van der Waals surface area contributed by atoms with Crippen LogP contribution in [-0.4, -0.2) is 18.2 Å². The summed E-state index contributed by atoms with van der Waals surface area (Å²) in [5.74, 6) is 0.224. The Labute approximate surface area is 110 Å². The van der Waals surface area contributed by atoms with Gasteiger partial charge < -0.3 is 4.74 Å². The number of rotatable bonds is 4. The predicted octanol–water partition coefficient (Wildman–Crippen LogP) is 3.35. The van der Waals surface area contributed by atoms with E-state index in [0.29, 0.717) is 5.56 Å². The zero-order valence-corrected chi connectivity index (χ0v) is 10.3. The first-order chi connectivity index (χ1) is 9.22. The van der Waals surface area contributed by atoms with Gasteiger partial charge >= 0.3 is 5.69 Å². The molecule has 0 heterocycles. The molecule has 5 nitrogen and oxygen atoms in total. The highest BCUT2D eigenvalue weighted by Crippen LogP contribution is 2.29. The molecule has 0 unspecified atom stereocenters. The highest BCUT2D eigenvalue weighted by Gasteiger charge is 2.18. The molecule has 0 spiro atoms. The Kier molecular flexibility index (Phi) is 3.87. The van der Waals surface area contributed by atoms with E-state index < -0.39 is 4.92 Å². The van der Waals surface area contributed by atoms with Crippen molar-refractivity contribution in [3.63, 3.8) is 0 Å². The normalized spacial score (nSPS) is 10.6. The maximum atomic E-state index is 11.1. The van der Waals surface area contributed by atoms with Crippen LogP contribution in [0.4, 0.5) is 11.4 Å². The van der Waals surface area contributed by atoms with Crippen molar-refractivity contribution in [2.24, 2.45) is 4.99 Å². The molecule has 0 aromatic heterocycles. The van der Waals surface area contributed by atoms with Gasteiger partial charge in [-0.3, -0.25) is 15.1 Å². The summed E-state index contributed by atoms with van der Waals surface area (Å²) in [5, 5.41) is 11.1. The number of ether oxygens (including phenoxy) is 1. The SMILES string of the molecule is COc1cccc(C=Nc2ccccc2)c1[N+](=O)[O-]. The number of hydrogen-bond acceptors (Lipinski definition) is 4. The van der Waals surface area contributed by atoms with Crippen LogP contribution in [0.2, 0.25) is 0 Å². The molecule has 2 aromatic rings. The smallest absolute Gasteiger partial charge is 0.319 e. The van der Waals surface area contributed by atoms with Crippen molar-refractivity contribution >= 4 is 17.6 Å². The lowest BCUT2D eigenvalue weighted by atomic mass is 10.2. The van der Waals surface area contributed by atoms with Crippen LogP contribution in [0.3, 0.4) is 0 Å². The average Bonchev–Trinajstić information content (AvgIpc) is 2.45. The summed E-state index contributed by atoms with van der Waals surface area (Å²) in [6.07, 6.45) is 1.47. The second-order valence-corrected chi connectivity index (χ2v) is 3.75. The average molecular weight is 256 g/mol. The van der Waals surface area contributed by atoms with Crippen molar-refractivity contribution in [3.05, 3.63) is 64.2 Å². The Morgan fingerprint density at radius 2 is 1.89 bits per heavy atom. The minimum absolute atomic E-state index is 0.0790. The predicted molar refractivity (Wildman–Crippen MR) is 73.3 cm³/mol. The Morgan fingerprint density at radius 1 is 1.16 bits per heavy atom. The van der Waals surface area contributed by atoms with Gasteiger partial charge in [0.25, 0.3) is 0 Å². The summed E-state index contributed by atoms with van der Waals surface area (Å²) in [7, 11) is 1.40. The lowest BCUT2D eigenvalue weighted by molar-refractivity contribution is -0.385. The number of hydrogen-bond donors (Lipinski definition) is 0. The number of aliphatic imine (C=N–C) groups is 1. The molecule has 2 rings (SSSR count). The number of benzene rings is 2.